The molecule has 2 aliphatic heterocycles. The number of halogens is 3. The van der Waals surface area contributed by atoms with Crippen molar-refractivity contribution in [2.45, 2.75) is 31.5 Å². The third kappa shape index (κ3) is 6.41. The summed E-state index contributed by atoms with van der Waals surface area (Å²) in [5, 5.41) is 7.12. The van der Waals surface area contributed by atoms with Crippen molar-refractivity contribution in [2.75, 3.05) is 26.3 Å². The predicted molar refractivity (Wildman–Crippen MR) is 110 cm³/mol. The van der Waals surface area contributed by atoms with E-state index in [1.165, 1.54) is 0 Å². The lowest BCUT2D eigenvalue weighted by Gasteiger charge is -2.50. The monoisotopic (exact) mass is 467 g/mol. The Morgan fingerprint density at radius 2 is 1.94 bits per heavy atom. The van der Waals surface area contributed by atoms with Gasteiger partial charge in [0.05, 0.1) is 12.7 Å². The van der Waals surface area contributed by atoms with Crippen LogP contribution in [0, 0.1) is 5.41 Å². The number of carboxylic acids is 1. The van der Waals surface area contributed by atoms with Crippen molar-refractivity contribution in [2.24, 2.45) is 5.41 Å². The summed E-state index contributed by atoms with van der Waals surface area (Å²) in [6, 6.07) is 9.17. The van der Waals surface area contributed by atoms with Crippen LogP contribution < -0.4 is 4.74 Å². The molecule has 0 aromatic carbocycles. The lowest BCUT2D eigenvalue weighted by Crippen LogP contribution is -2.58. The molecule has 0 bridgehead atoms. The number of carboxylic acid groups (broad SMARTS) is 1. The number of hydrogen-bond donors (Lipinski definition) is 1. The molecule has 11 heteroatoms. The van der Waals surface area contributed by atoms with Crippen LogP contribution in [0.1, 0.15) is 29.6 Å². The molecule has 2 aliphatic rings. The number of ether oxygens (including phenoxy) is 2. The molecule has 0 radical (unpaired) electrons. The molecule has 2 atom stereocenters. The number of carbonyl (C=O) groups excluding carboxylic acids is 1. The largest absolute Gasteiger partial charge is 0.490 e. The SMILES string of the molecule is O=C(O)C(F)(F)F.O=C(c1ccncc1)N1CCC2OCCCC2(COc2ccccn2)C1. The van der Waals surface area contributed by atoms with E-state index >= 15 is 0 Å². The second-order valence-electron chi connectivity index (χ2n) is 7.84. The molecule has 0 aliphatic carbocycles. The molecule has 1 amide bonds. The molecular formula is C22H24F3N3O5. The third-order valence-corrected chi connectivity index (χ3v) is 5.59. The zero-order valence-electron chi connectivity index (χ0n) is 17.7. The quantitative estimate of drug-likeness (QED) is 0.737. The normalized spacial score (nSPS) is 22.4. The molecule has 178 valence electrons. The van der Waals surface area contributed by atoms with E-state index in [0.29, 0.717) is 31.1 Å². The van der Waals surface area contributed by atoms with Crippen LogP contribution in [0.3, 0.4) is 0 Å². The predicted octanol–water partition coefficient (Wildman–Crippen LogP) is 3.20. The first-order chi connectivity index (χ1) is 15.7. The van der Waals surface area contributed by atoms with E-state index in [-0.39, 0.29) is 17.4 Å². The fraction of sp³-hybridized carbons (Fsp3) is 0.455. The minimum absolute atomic E-state index is 0.0497. The summed E-state index contributed by atoms with van der Waals surface area (Å²) in [5.41, 5.74) is 0.493. The average molecular weight is 467 g/mol. The first kappa shape index (κ1) is 24.4. The van der Waals surface area contributed by atoms with E-state index in [1.54, 1.807) is 30.7 Å². The van der Waals surface area contributed by atoms with Crippen molar-refractivity contribution in [1.29, 1.82) is 0 Å². The Labute approximate surface area is 188 Å². The fourth-order valence-electron chi connectivity index (χ4n) is 4.00. The second kappa shape index (κ2) is 10.6. The van der Waals surface area contributed by atoms with Gasteiger partial charge in [0.25, 0.3) is 5.91 Å². The van der Waals surface area contributed by atoms with Gasteiger partial charge < -0.3 is 19.5 Å². The topological polar surface area (TPSA) is 102 Å². The number of amides is 1. The molecule has 0 spiro atoms. The van der Waals surface area contributed by atoms with Gasteiger partial charge in [-0.2, -0.15) is 13.2 Å². The maximum atomic E-state index is 12.9. The molecule has 33 heavy (non-hydrogen) atoms. The molecule has 1 N–H and O–H groups in total. The highest BCUT2D eigenvalue weighted by atomic mass is 19.4. The van der Waals surface area contributed by atoms with Gasteiger partial charge in [0, 0.05) is 55.3 Å². The van der Waals surface area contributed by atoms with Gasteiger partial charge in [0.15, 0.2) is 0 Å². The van der Waals surface area contributed by atoms with Crippen molar-refractivity contribution < 1.29 is 37.3 Å². The van der Waals surface area contributed by atoms with Gasteiger partial charge in [-0.25, -0.2) is 9.78 Å². The lowest BCUT2D eigenvalue weighted by molar-refractivity contribution is -0.192. The number of nitrogens with zero attached hydrogens (tertiary/aromatic N) is 3. The van der Waals surface area contributed by atoms with Crippen LogP contribution >= 0.6 is 0 Å². The average Bonchev–Trinajstić information content (AvgIpc) is 2.83. The van der Waals surface area contributed by atoms with Gasteiger partial charge in [-0.1, -0.05) is 6.07 Å². The number of aromatic nitrogens is 2. The van der Waals surface area contributed by atoms with Crippen molar-refractivity contribution in [1.82, 2.24) is 14.9 Å². The molecule has 2 aromatic heterocycles. The molecule has 2 saturated heterocycles. The summed E-state index contributed by atoms with van der Waals surface area (Å²) in [6.07, 6.45) is 2.89. The number of fused-ring (bicyclic) bond motifs is 1. The lowest BCUT2D eigenvalue weighted by atomic mass is 9.73. The van der Waals surface area contributed by atoms with Gasteiger partial charge in [0.1, 0.15) is 0 Å². The minimum atomic E-state index is -5.08. The van der Waals surface area contributed by atoms with Gasteiger partial charge in [-0.15, -0.1) is 0 Å². The fourth-order valence-corrected chi connectivity index (χ4v) is 4.00. The molecule has 2 unspecified atom stereocenters. The van der Waals surface area contributed by atoms with Crippen LogP contribution in [-0.4, -0.2) is 70.4 Å². The van der Waals surface area contributed by atoms with Gasteiger partial charge in [-0.3, -0.25) is 9.78 Å². The molecule has 4 heterocycles. The van der Waals surface area contributed by atoms with Crippen LogP contribution in [0.5, 0.6) is 5.88 Å². The first-order valence-corrected chi connectivity index (χ1v) is 10.4. The number of piperidine rings is 1. The van der Waals surface area contributed by atoms with Crippen LogP contribution in [0.15, 0.2) is 48.9 Å². The highest BCUT2D eigenvalue weighted by molar-refractivity contribution is 5.94. The smallest absolute Gasteiger partial charge is 0.477 e. The summed E-state index contributed by atoms with van der Waals surface area (Å²) < 4.78 is 43.8. The molecule has 8 nitrogen and oxygen atoms in total. The molecule has 4 rings (SSSR count). The van der Waals surface area contributed by atoms with E-state index in [2.05, 4.69) is 9.97 Å². The zero-order valence-corrected chi connectivity index (χ0v) is 17.7. The number of rotatable bonds is 4. The Hall–Kier alpha value is -3.21. The number of alkyl halides is 3. The molecule has 2 fully saturated rings. The van der Waals surface area contributed by atoms with Crippen LogP contribution in [0.2, 0.25) is 0 Å². The summed E-state index contributed by atoms with van der Waals surface area (Å²) in [6.45, 7) is 2.64. The Morgan fingerprint density at radius 1 is 1.21 bits per heavy atom. The molecular weight excluding hydrogens is 443 g/mol. The van der Waals surface area contributed by atoms with E-state index in [4.69, 9.17) is 19.4 Å². The van der Waals surface area contributed by atoms with Gasteiger partial charge in [-0.05, 0) is 37.5 Å². The third-order valence-electron chi connectivity index (χ3n) is 5.59. The van der Waals surface area contributed by atoms with Crippen molar-refractivity contribution in [3.8, 4) is 5.88 Å². The van der Waals surface area contributed by atoms with Crippen molar-refractivity contribution >= 4 is 11.9 Å². The Bertz CT molecular complexity index is 930. The van der Waals surface area contributed by atoms with E-state index in [0.717, 1.165) is 25.9 Å². The van der Waals surface area contributed by atoms with E-state index in [9.17, 15) is 18.0 Å². The summed E-state index contributed by atoms with van der Waals surface area (Å²) in [7, 11) is 0. The van der Waals surface area contributed by atoms with Crippen LogP contribution in [-0.2, 0) is 9.53 Å². The van der Waals surface area contributed by atoms with Gasteiger partial charge >= 0.3 is 12.1 Å². The number of carbonyl (C=O) groups is 2. The van der Waals surface area contributed by atoms with Crippen LogP contribution in [0.25, 0.3) is 0 Å². The minimum Gasteiger partial charge on any atom is -0.477 e. The van der Waals surface area contributed by atoms with E-state index in [1.807, 2.05) is 23.1 Å². The highest BCUT2D eigenvalue weighted by Gasteiger charge is 2.48. The number of aliphatic carboxylic acids is 1. The second-order valence-corrected chi connectivity index (χ2v) is 7.84. The van der Waals surface area contributed by atoms with Crippen molar-refractivity contribution in [3.63, 3.8) is 0 Å². The number of likely N-dealkylation sites (tertiary alicyclic amines) is 1. The molecule has 2 aromatic rings. The maximum Gasteiger partial charge on any atom is 0.490 e. The first-order valence-electron chi connectivity index (χ1n) is 10.4. The Balaban J connectivity index is 0.000000383. The van der Waals surface area contributed by atoms with Crippen molar-refractivity contribution in [3.05, 3.63) is 54.5 Å². The number of pyridine rings is 2. The summed E-state index contributed by atoms with van der Waals surface area (Å²) in [4.78, 5) is 32.0. The Kier molecular flexibility index (Phi) is 7.85. The highest BCUT2D eigenvalue weighted by Crippen LogP contribution is 2.40. The van der Waals surface area contributed by atoms with Gasteiger partial charge in [0.2, 0.25) is 5.88 Å². The summed E-state index contributed by atoms with van der Waals surface area (Å²) in [5.74, 6) is -2.09. The standard InChI is InChI=1S/C20H23N3O3.C2HF3O2/c24-19(16-5-10-21-11-6-16)23-12-7-17-20(14-23,8-3-13-25-17)15-26-18-4-1-2-9-22-18;3-2(4,5)1(6)7/h1-2,4-6,9-11,17H,3,7-8,12-15H2;(H,6,7). The Morgan fingerprint density at radius 3 is 2.58 bits per heavy atom. The summed E-state index contributed by atoms with van der Waals surface area (Å²) >= 11 is 0. The van der Waals surface area contributed by atoms with E-state index < -0.39 is 12.1 Å². The number of hydrogen-bond acceptors (Lipinski definition) is 6. The zero-order chi connectivity index (χ0) is 23.9. The van der Waals surface area contributed by atoms with Crippen LogP contribution in [0.4, 0.5) is 13.2 Å². The maximum absolute atomic E-state index is 12.9. The molecule has 0 saturated carbocycles.